The smallest absolute Gasteiger partial charge is 0.312 e. The number of hydrogen-bond donors (Lipinski definition) is 0. The van der Waals surface area contributed by atoms with E-state index in [9.17, 15) is 4.79 Å². The average molecular weight is 527 g/mol. The van der Waals surface area contributed by atoms with Crippen LogP contribution in [0.4, 0.5) is 0 Å². The summed E-state index contributed by atoms with van der Waals surface area (Å²) in [6.45, 7) is 20.2. The second-order valence-corrected chi connectivity index (χ2v) is 16.1. The lowest BCUT2D eigenvalue weighted by Gasteiger charge is -2.72. The Morgan fingerprint density at radius 3 is 2.34 bits per heavy atom. The average Bonchev–Trinajstić information content (AvgIpc) is 2.86. The molecule has 0 aromatic carbocycles. The summed E-state index contributed by atoms with van der Waals surface area (Å²) in [6.07, 6.45) is 13.2. The molecule has 0 bridgehead atoms. The lowest BCUT2D eigenvalue weighted by molar-refractivity contribution is -0.351. The topological polar surface area (TPSA) is 44.8 Å². The standard InChI is InChI=1S/C34H54O4/c1-21-12-17-34(28(35)36-9)19-18-32(7)23(27(34)22(21)2)10-11-25-30(5)15-14-26-31(6,20-37-29(3,4)38-26)24(30)13-16-33(25,32)8/h10,21-22,24-27H,11-20H2,1-9H3/t21-,22+,24?,25?,26?,27?,30+,31+,32-,33-,34+/m1/s1. The molecule has 6 aliphatic rings. The van der Waals surface area contributed by atoms with Crippen molar-refractivity contribution in [3.63, 3.8) is 0 Å². The second kappa shape index (κ2) is 8.34. The van der Waals surface area contributed by atoms with E-state index in [-0.39, 0.29) is 33.0 Å². The highest BCUT2D eigenvalue weighted by Gasteiger charge is 2.70. The molecule has 1 saturated heterocycles. The third kappa shape index (κ3) is 3.25. The van der Waals surface area contributed by atoms with Gasteiger partial charge in [0, 0.05) is 5.41 Å². The third-order valence-corrected chi connectivity index (χ3v) is 14.5. The molecule has 0 aromatic heterocycles. The minimum Gasteiger partial charge on any atom is -0.469 e. The van der Waals surface area contributed by atoms with Gasteiger partial charge in [0.15, 0.2) is 5.79 Å². The molecule has 11 atom stereocenters. The van der Waals surface area contributed by atoms with Gasteiger partial charge in [0.05, 0.1) is 25.2 Å². The van der Waals surface area contributed by atoms with Crippen molar-refractivity contribution in [2.24, 2.45) is 56.7 Å². The highest BCUT2D eigenvalue weighted by Crippen LogP contribution is 2.76. The largest absolute Gasteiger partial charge is 0.469 e. The van der Waals surface area contributed by atoms with Gasteiger partial charge >= 0.3 is 5.97 Å². The van der Waals surface area contributed by atoms with Gasteiger partial charge in [0.1, 0.15) is 0 Å². The SMILES string of the molecule is COC(=O)[C@]12CC[C@@H](C)[C@H](C)C1C1=CCC3[C@@]4(C)CCC5OC(C)(C)OC[C@@]5(C)C4CC[C@@]3(C)[C@]1(C)CC2. The number of allylic oxidation sites excluding steroid dienone is 2. The number of ether oxygens (including phenoxy) is 3. The van der Waals surface area contributed by atoms with E-state index in [1.165, 1.54) is 19.3 Å². The molecule has 4 heteroatoms. The van der Waals surface area contributed by atoms with Crippen molar-refractivity contribution in [3.8, 4) is 0 Å². The van der Waals surface area contributed by atoms with E-state index in [2.05, 4.69) is 61.5 Å². The molecule has 0 amide bonds. The van der Waals surface area contributed by atoms with E-state index in [0.717, 1.165) is 45.1 Å². The number of hydrogen-bond acceptors (Lipinski definition) is 4. The van der Waals surface area contributed by atoms with Gasteiger partial charge in [-0.3, -0.25) is 4.79 Å². The van der Waals surface area contributed by atoms with Gasteiger partial charge in [-0.25, -0.2) is 0 Å². The zero-order valence-electron chi connectivity index (χ0n) is 25.7. The molecule has 4 saturated carbocycles. The van der Waals surface area contributed by atoms with Crippen LogP contribution in [0.3, 0.4) is 0 Å². The van der Waals surface area contributed by atoms with Crippen LogP contribution in [0.25, 0.3) is 0 Å². The molecule has 6 rings (SSSR count). The van der Waals surface area contributed by atoms with Gasteiger partial charge in [-0.05, 0) is 117 Å². The predicted molar refractivity (Wildman–Crippen MR) is 150 cm³/mol. The Morgan fingerprint density at radius 2 is 1.63 bits per heavy atom. The summed E-state index contributed by atoms with van der Waals surface area (Å²) in [4.78, 5) is 13.5. The highest BCUT2D eigenvalue weighted by molar-refractivity contribution is 5.78. The van der Waals surface area contributed by atoms with Gasteiger partial charge in [-0.1, -0.05) is 53.2 Å². The van der Waals surface area contributed by atoms with Crippen molar-refractivity contribution >= 4 is 5.97 Å². The summed E-state index contributed by atoms with van der Waals surface area (Å²) in [5.74, 6) is 2.32. The summed E-state index contributed by atoms with van der Waals surface area (Å²) in [5, 5.41) is 0. The van der Waals surface area contributed by atoms with Crippen molar-refractivity contribution in [2.75, 3.05) is 13.7 Å². The number of rotatable bonds is 1. The number of esters is 1. The van der Waals surface area contributed by atoms with Crippen LogP contribution >= 0.6 is 0 Å². The summed E-state index contributed by atoms with van der Waals surface area (Å²) >= 11 is 0. The Bertz CT molecular complexity index is 1030. The van der Waals surface area contributed by atoms with Crippen molar-refractivity contribution in [1.29, 1.82) is 0 Å². The lowest BCUT2D eigenvalue weighted by Crippen LogP contribution is -2.68. The van der Waals surface area contributed by atoms with Crippen molar-refractivity contribution < 1.29 is 19.0 Å². The van der Waals surface area contributed by atoms with Gasteiger partial charge in [-0.15, -0.1) is 0 Å². The van der Waals surface area contributed by atoms with E-state index in [1.807, 2.05) is 0 Å². The molecule has 38 heavy (non-hydrogen) atoms. The molecule has 0 spiro atoms. The first-order valence-electron chi connectivity index (χ1n) is 15.8. The van der Waals surface area contributed by atoms with Crippen LogP contribution in [0.1, 0.15) is 113 Å². The van der Waals surface area contributed by atoms with E-state index in [1.54, 1.807) is 12.7 Å². The molecular weight excluding hydrogens is 472 g/mol. The molecule has 1 aliphatic heterocycles. The Labute approximate surface area is 232 Å². The minimum absolute atomic E-state index is 0.0543. The van der Waals surface area contributed by atoms with Crippen molar-refractivity contribution in [1.82, 2.24) is 0 Å². The summed E-state index contributed by atoms with van der Waals surface area (Å²) < 4.78 is 18.5. The monoisotopic (exact) mass is 526 g/mol. The van der Waals surface area contributed by atoms with Crippen LogP contribution in [-0.4, -0.2) is 31.6 Å². The summed E-state index contributed by atoms with van der Waals surface area (Å²) in [5.41, 5.74) is 2.03. The maximum Gasteiger partial charge on any atom is 0.312 e. The second-order valence-electron chi connectivity index (χ2n) is 16.1. The first-order chi connectivity index (χ1) is 17.7. The van der Waals surface area contributed by atoms with E-state index >= 15 is 0 Å². The normalized spacial score (nSPS) is 55.2. The van der Waals surface area contributed by atoms with Crippen molar-refractivity contribution in [3.05, 3.63) is 11.6 Å². The van der Waals surface area contributed by atoms with Gasteiger partial charge in [-0.2, -0.15) is 0 Å². The molecule has 214 valence electrons. The highest BCUT2D eigenvalue weighted by atomic mass is 16.7. The Hall–Kier alpha value is -0.870. The Kier molecular flexibility index (Phi) is 5.99. The van der Waals surface area contributed by atoms with Crippen LogP contribution in [0, 0.1) is 56.7 Å². The molecule has 0 radical (unpaired) electrons. The first kappa shape index (κ1) is 27.3. The van der Waals surface area contributed by atoms with Crippen LogP contribution in [0.2, 0.25) is 0 Å². The molecule has 0 N–H and O–H groups in total. The fourth-order valence-corrected chi connectivity index (χ4v) is 11.9. The molecule has 5 aliphatic carbocycles. The molecule has 0 aromatic rings. The number of fused-ring (bicyclic) bond motifs is 9. The number of carbonyl (C=O) groups excluding carboxylic acids is 1. The van der Waals surface area contributed by atoms with Crippen LogP contribution in [-0.2, 0) is 19.0 Å². The van der Waals surface area contributed by atoms with E-state index < -0.39 is 5.79 Å². The fourth-order valence-electron chi connectivity index (χ4n) is 11.9. The number of methoxy groups -OCH3 is 1. The van der Waals surface area contributed by atoms with Crippen LogP contribution in [0.15, 0.2) is 11.6 Å². The van der Waals surface area contributed by atoms with Crippen LogP contribution < -0.4 is 0 Å². The zero-order chi connectivity index (χ0) is 27.5. The van der Waals surface area contributed by atoms with Gasteiger partial charge in [0.25, 0.3) is 0 Å². The summed E-state index contributed by atoms with van der Waals surface area (Å²) in [7, 11) is 1.61. The Balaban J connectivity index is 1.40. The lowest BCUT2D eigenvalue weighted by atomic mass is 9.33. The molecular formula is C34H54O4. The van der Waals surface area contributed by atoms with E-state index in [0.29, 0.717) is 35.7 Å². The zero-order valence-corrected chi connectivity index (χ0v) is 25.7. The maximum absolute atomic E-state index is 13.5. The number of carbonyl (C=O) groups is 1. The quantitative estimate of drug-likeness (QED) is 0.257. The molecule has 1 heterocycles. The fraction of sp³-hybridized carbons (Fsp3) is 0.912. The molecule has 5 fully saturated rings. The minimum atomic E-state index is -0.473. The van der Waals surface area contributed by atoms with Gasteiger partial charge < -0.3 is 14.2 Å². The Morgan fingerprint density at radius 1 is 0.895 bits per heavy atom. The third-order valence-electron chi connectivity index (χ3n) is 14.5. The first-order valence-corrected chi connectivity index (χ1v) is 15.8. The predicted octanol–water partition coefficient (Wildman–Crippen LogP) is 7.95. The van der Waals surface area contributed by atoms with Crippen molar-refractivity contribution in [2.45, 2.75) is 125 Å². The van der Waals surface area contributed by atoms with Crippen LogP contribution in [0.5, 0.6) is 0 Å². The molecule has 4 unspecified atom stereocenters. The summed E-state index contributed by atoms with van der Waals surface area (Å²) in [6, 6.07) is 0. The molecule has 4 nitrogen and oxygen atoms in total. The van der Waals surface area contributed by atoms with E-state index in [4.69, 9.17) is 14.2 Å². The van der Waals surface area contributed by atoms with Gasteiger partial charge in [0.2, 0.25) is 0 Å². The maximum atomic E-state index is 13.5.